The minimum atomic E-state index is -0.601. The largest absolute Gasteiger partial charge is 0.493 e. The van der Waals surface area contributed by atoms with Crippen molar-refractivity contribution in [3.05, 3.63) is 52.5 Å². The third-order valence-electron chi connectivity index (χ3n) is 3.67. The predicted molar refractivity (Wildman–Crippen MR) is 115 cm³/mol. The fourth-order valence-electron chi connectivity index (χ4n) is 2.25. The second kappa shape index (κ2) is 11.6. The van der Waals surface area contributed by atoms with E-state index in [1.807, 2.05) is 12.1 Å². The van der Waals surface area contributed by atoms with Crippen LogP contribution in [0, 0.1) is 0 Å². The molecule has 0 saturated heterocycles. The Morgan fingerprint density at radius 3 is 2.43 bits per heavy atom. The number of halogens is 1. The molecule has 2 rings (SSSR count). The first-order valence-corrected chi connectivity index (χ1v) is 9.63. The Balaban J connectivity index is 1.80. The van der Waals surface area contributed by atoms with Gasteiger partial charge in [0.15, 0.2) is 18.1 Å². The molecule has 0 aromatic heterocycles. The Morgan fingerprint density at radius 2 is 1.77 bits per heavy atom. The first kappa shape index (κ1) is 22.9. The lowest BCUT2D eigenvalue weighted by molar-refractivity contribution is -0.124. The fourth-order valence-corrected chi connectivity index (χ4v) is 2.52. The number of carbonyl (C=O) groups is 3. The number of hydrogen-bond acceptors (Lipinski definition) is 6. The molecule has 0 saturated carbocycles. The molecule has 3 amide bonds. The molecule has 0 bridgehead atoms. The first-order valence-electron chi connectivity index (χ1n) is 8.84. The van der Waals surface area contributed by atoms with E-state index in [2.05, 4.69) is 31.8 Å². The number of anilines is 1. The summed E-state index contributed by atoms with van der Waals surface area (Å²) in [5.41, 5.74) is 8.69. The lowest BCUT2D eigenvalue weighted by atomic mass is 10.2. The Hall–Kier alpha value is -3.40. The summed E-state index contributed by atoms with van der Waals surface area (Å²) in [6, 6.07) is 12.0. The van der Waals surface area contributed by atoms with Crippen LogP contribution in [-0.4, -0.2) is 37.7 Å². The van der Waals surface area contributed by atoms with Gasteiger partial charge in [0.05, 0.1) is 13.3 Å². The Bertz CT molecular complexity index is 931. The van der Waals surface area contributed by atoms with E-state index in [9.17, 15) is 14.4 Å². The number of methoxy groups -OCH3 is 1. The zero-order chi connectivity index (χ0) is 21.9. The van der Waals surface area contributed by atoms with Crippen LogP contribution < -0.4 is 25.9 Å². The number of carbonyl (C=O) groups excluding carboxylic acids is 3. The minimum Gasteiger partial charge on any atom is -0.493 e. The molecule has 0 aliphatic heterocycles. The van der Waals surface area contributed by atoms with Crippen molar-refractivity contribution in [1.29, 1.82) is 0 Å². The highest BCUT2D eigenvalue weighted by molar-refractivity contribution is 9.10. The number of nitrogens with two attached hydrogens (primary N) is 1. The van der Waals surface area contributed by atoms with Gasteiger partial charge in [-0.1, -0.05) is 15.9 Å². The predicted octanol–water partition coefficient (Wildman–Crippen LogP) is 2.19. The van der Waals surface area contributed by atoms with Gasteiger partial charge in [0.2, 0.25) is 11.8 Å². The number of primary amides is 1. The molecule has 2 aromatic rings. The molecule has 4 N–H and O–H groups in total. The van der Waals surface area contributed by atoms with Gasteiger partial charge in [-0.15, -0.1) is 0 Å². The molecule has 158 valence electrons. The van der Waals surface area contributed by atoms with Gasteiger partial charge in [-0.3, -0.25) is 14.4 Å². The summed E-state index contributed by atoms with van der Waals surface area (Å²) in [5, 5.41) is 6.57. The first-order chi connectivity index (χ1) is 14.4. The number of benzene rings is 2. The molecule has 10 heteroatoms. The Morgan fingerprint density at radius 1 is 1.07 bits per heavy atom. The molecule has 0 aliphatic carbocycles. The summed E-state index contributed by atoms with van der Waals surface area (Å²) in [7, 11) is 1.45. The zero-order valence-electron chi connectivity index (χ0n) is 16.2. The van der Waals surface area contributed by atoms with Gasteiger partial charge in [-0.2, -0.15) is 5.10 Å². The molecule has 2 aromatic carbocycles. The van der Waals surface area contributed by atoms with E-state index < -0.39 is 11.8 Å². The van der Waals surface area contributed by atoms with Crippen molar-refractivity contribution in [3.63, 3.8) is 0 Å². The van der Waals surface area contributed by atoms with Crippen LogP contribution in [0.4, 0.5) is 5.69 Å². The van der Waals surface area contributed by atoms with Crippen molar-refractivity contribution >= 4 is 45.6 Å². The second-order valence-electron chi connectivity index (χ2n) is 6.01. The maximum absolute atomic E-state index is 11.9. The zero-order valence-corrected chi connectivity index (χ0v) is 17.8. The molecular formula is C20H21BrN4O5. The van der Waals surface area contributed by atoms with Gasteiger partial charge >= 0.3 is 0 Å². The smallest absolute Gasteiger partial charge is 0.255 e. The minimum absolute atomic E-state index is 0.0110. The van der Waals surface area contributed by atoms with E-state index in [4.69, 9.17) is 15.2 Å². The number of hydrogen-bond donors (Lipinski definition) is 3. The van der Waals surface area contributed by atoms with Crippen molar-refractivity contribution < 1.29 is 23.9 Å². The molecule has 0 spiro atoms. The number of amides is 3. The maximum atomic E-state index is 11.9. The molecule has 9 nitrogen and oxygen atoms in total. The summed E-state index contributed by atoms with van der Waals surface area (Å²) >= 11 is 3.32. The second-order valence-corrected chi connectivity index (χ2v) is 6.93. The van der Waals surface area contributed by atoms with Crippen molar-refractivity contribution in [2.75, 3.05) is 19.0 Å². The van der Waals surface area contributed by atoms with Crippen molar-refractivity contribution in [1.82, 2.24) is 5.43 Å². The molecular weight excluding hydrogens is 456 g/mol. The van der Waals surface area contributed by atoms with Crippen molar-refractivity contribution in [2.45, 2.75) is 12.8 Å². The summed E-state index contributed by atoms with van der Waals surface area (Å²) in [6.45, 7) is -0.269. The van der Waals surface area contributed by atoms with Crippen molar-refractivity contribution in [2.24, 2.45) is 10.8 Å². The third-order valence-corrected chi connectivity index (χ3v) is 4.20. The quantitative estimate of drug-likeness (QED) is 0.357. The number of hydrazone groups is 1. The van der Waals surface area contributed by atoms with Crippen LogP contribution in [0.2, 0.25) is 0 Å². The summed E-state index contributed by atoms with van der Waals surface area (Å²) in [5.74, 6) is -0.528. The van der Waals surface area contributed by atoms with E-state index in [1.54, 1.807) is 30.3 Å². The van der Waals surface area contributed by atoms with E-state index in [0.29, 0.717) is 22.7 Å². The summed E-state index contributed by atoms with van der Waals surface area (Å²) in [4.78, 5) is 34.6. The lowest BCUT2D eigenvalue weighted by Gasteiger charge is -2.09. The number of nitrogens with zero attached hydrogens (tertiary/aromatic N) is 1. The number of ether oxygens (including phenoxy) is 2. The number of nitrogens with one attached hydrogen (secondary N) is 2. The molecule has 0 radical (unpaired) electrons. The van der Waals surface area contributed by atoms with Gasteiger partial charge in [0.25, 0.3) is 5.91 Å². The maximum Gasteiger partial charge on any atom is 0.255 e. The monoisotopic (exact) mass is 476 g/mol. The van der Waals surface area contributed by atoms with Crippen LogP contribution in [-0.2, 0) is 14.4 Å². The van der Waals surface area contributed by atoms with Gasteiger partial charge in [-0.05, 0) is 48.0 Å². The van der Waals surface area contributed by atoms with E-state index in [-0.39, 0.29) is 25.4 Å². The Labute approximate surface area is 181 Å². The van der Waals surface area contributed by atoms with Crippen LogP contribution in [0.25, 0.3) is 0 Å². The van der Waals surface area contributed by atoms with Crippen LogP contribution in [0.1, 0.15) is 18.4 Å². The molecule has 0 heterocycles. The van der Waals surface area contributed by atoms with Gasteiger partial charge < -0.3 is 20.5 Å². The third kappa shape index (κ3) is 7.92. The standard InChI is InChI=1S/C20H21BrN4O5/c1-29-17-10-13(2-7-16(17)30-12-18(22)26)11-23-25-20(28)9-8-19(27)24-15-5-3-14(21)4-6-15/h2-7,10-11H,8-9,12H2,1H3,(H2,22,26)(H,24,27)(H,25,28)/b23-11-. The van der Waals surface area contributed by atoms with Crippen LogP contribution in [0.3, 0.4) is 0 Å². The highest BCUT2D eigenvalue weighted by Gasteiger charge is 2.08. The van der Waals surface area contributed by atoms with E-state index in [0.717, 1.165) is 4.47 Å². The van der Waals surface area contributed by atoms with Crippen molar-refractivity contribution in [3.8, 4) is 11.5 Å². The molecule has 0 aliphatic rings. The molecule has 0 unspecified atom stereocenters. The van der Waals surface area contributed by atoms with Gasteiger partial charge in [-0.25, -0.2) is 5.43 Å². The number of rotatable bonds is 10. The molecule has 30 heavy (non-hydrogen) atoms. The van der Waals surface area contributed by atoms with E-state index >= 15 is 0 Å². The van der Waals surface area contributed by atoms with E-state index in [1.165, 1.54) is 13.3 Å². The van der Waals surface area contributed by atoms with Crippen LogP contribution in [0.15, 0.2) is 52.0 Å². The summed E-state index contributed by atoms with van der Waals surface area (Å²) < 4.78 is 11.3. The van der Waals surface area contributed by atoms with Gasteiger partial charge in [0.1, 0.15) is 0 Å². The lowest BCUT2D eigenvalue weighted by Crippen LogP contribution is -2.20. The topological polar surface area (TPSA) is 132 Å². The average molecular weight is 477 g/mol. The normalized spacial score (nSPS) is 10.5. The SMILES string of the molecule is COc1cc(/C=N\NC(=O)CCC(=O)Nc2ccc(Br)cc2)ccc1OCC(N)=O. The fraction of sp³-hybridized carbons (Fsp3) is 0.200. The molecule has 0 fully saturated rings. The Kier molecular flexibility index (Phi) is 8.82. The average Bonchev–Trinajstić information content (AvgIpc) is 2.72. The van der Waals surface area contributed by atoms with Gasteiger partial charge in [0, 0.05) is 23.0 Å². The highest BCUT2D eigenvalue weighted by atomic mass is 79.9. The van der Waals surface area contributed by atoms with Crippen LogP contribution in [0.5, 0.6) is 11.5 Å². The van der Waals surface area contributed by atoms with Crippen LogP contribution >= 0.6 is 15.9 Å². The summed E-state index contributed by atoms with van der Waals surface area (Å²) in [6.07, 6.45) is 1.43. The molecule has 0 atom stereocenters. The highest BCUT2D eigenvalue weighted by Crippen LogP contribution is 2.27.